The van der Waals surface area contributed by atoms with Crippen LogP contribution in [0, 0.1) is 5.92 Å². The largest absolute Gasteiger partial charge is 0.455 e. The van der Waals surface area contributed by atoms with E-state index in [1.54, 1.807) is 18.2 Å². The Morgan fingerprint density at radius 1 is 1.24 bits per heavy atom. The molecule has 1 amide bonds. The summed E-state index contributed by atoms with van der Waals surface area (Å²) in [5.41, 5.74) is 0.761. The Labute approximate surface area is 133 Å². The number of rotatable bonds is 5. The lowest BCUT2D eigenvalue weighted by molar-refractivity contribution is -0.152. The summed E-state index contributed by atoms with van der Waals surface area (Å²) in [5, 5.41) is 3.70. The molecule has 0 heterocycles. The Kier molecular flexibility index (Phi) is 5.88. The van der Waals surface area contributed by atoms with Crippen LogP contribution in [0.15, 0.2) is 18.2 Å². The highest BCUT2D eigenvalue weighted by Crippen LogP contribution is 2.25. The molecule has 1 fully saturated rings. The summed E-state index contributed by atoms with van der Waals surface area (Å²) in [7, 11) is 0. The molecule has 0 bridgehead atoms. The van der Waals surface area contributed by atoms with E-state index in [4.69, 9.17) is 27.9 Å². The van der Waals surface area contributed by atoms with Gasteiger partial charge in [-0.1, -0.05) is 42.1 Å². The van der Waals surface area contributed by atoms with Gasteiger partial charge in [0.15, 0.2) is 6.61 Å². The minimum Gasteiger partial charge on any atom is -0.455 e. The normalized spacial score (nSPS) is 15.0. The maximum absolute atomic E-state index is 11.7. The van der Waals surface area contributed by atoms with Crippen molar-refractivity contribution in [1.82, 2.24) is 5.32 Å². The number of halogens is 2. The molecule has 0 aliphatic heterocycles. The predicted octanol–water partition coefficient (Wildman–Crippen LogP) is 3.34. The van der Waals surface area contributed by atoms with Crippen molar-refractivity contribution < 1.29 is 14.3 Å². The van der Waals surface area contributed by atoms with E-state index in [9.17, 15) is 9.59 Å². The number of hydrogen-bond acceptors (Lipinski definition) is 3. The van der Waals surface area contributed by atoms with E-state index in [-0.39, 0.29) is 30.9 Å². The molecule has 0 spiro atoms. The number of carbonyl (C=O) groups is 2. The molecule has 0 unspecified atom stereocenters. The molecule has 114 valence electrons. The number of esters is 1. The third-order valence-electron chi connectivity index (χ3n) is 3.53. The van der Waals surface area contributed by atoms with Gasteiger partial charge in [-0.15, -0.1) is 0 Å². The molecule has 1 aliphatic rings. The van der Waals surface area contributed by atoms with Gasteiger partial charge >= 0.3 is 5.97 Å². The lowest BCUT2D eigenvalue weighted by Gasteiger charge is -2.10. The maximum atomic E-state index is 11.7. The quantitative estimate of drug-likeness (QED) is 0.843. The molecule has 2 rings (SSSR count). The fourth-order valence-corrected chi connectivity index (χ4v) is 2.80. The van der Waals surface area contributed by atoms with Crippen molar-refractivity contribution in [2.45, 2.75) is 32.2 Å². The Morgan fingerprint density at radius 2 is 1.95 bits per heavy atom. The van der Waals surface area contributed by atoms with Gasteiger partial charge in [0.2, 0.25) is 0 Å². The zero-order chi connectivity index (χ0) is 15.2. The van der Waals surface area contributed by atoms with Crippen LogP contribution in [0.4, 0.5) is 0 Å². The van der Waals surface area contributed by atoms with Crippen LogP contribution in [0.5, 0.6) is 0 Å². The fourth-order valence-electron chi connectivity index (χ4n) is 2.33. The fraction of sp³-hybridized carbons (Fsp3) is 0.467. The van der Waals surface area contributed by atoms with Crippen molar-refractivity contribution in [3.05, 3.63) is 33.8 Å². The molecule has 21 heavy (non-hydrogen) atoms. The number of nitrogens with one attached hydrogen (secondary N) is 1. The number of carbonyl (C=O) groups excluding carboxylic acids is 2. The Morgan fingerprint density at radius 3 is 2.62 bits per heavy atom. The Hall–Kier alpha value is -1.26. The van der Waals surface area contributed by atoms with E-state index in [2.05, 4.69) is 5.32 Å². The minimum atomic E-state index is -0.340. The first-order valence-electron chi connectivity index (χ1n) is 6.93. The van der Waals surface area contributed by atoms with E-state index >= 15 is 0 Å². The van der Waals surface area contributed by atoms with Gasteiger partial charge < -0.3 is 10.1 Å². The first kappa shape index (κ1) is 16.1. The highest BCUT2D eigenvalue weighted by Gasteiger charge is 2.24. The maximum Gasteiger partial charge on any atom is 0.309 e. The van der Waals surface area contributed by atoms with Crippen LogP contribution in [0.1, 0.15) is 31.2 Å². The summed E-state index contributed by atoms with van der Waals surface area (Å²) >= 11 is 11.8. The summed E-state index contributed by atoms with van der Waals surface area (Å²) < 4.78 is 5.02. The van der Waals surface area contributed by atoms with Gasteiger partial charge in [0.05, 0.1) is 5.92 Å². The third-order valence-corrected chi connectivity index (χ3v) is 4.11. The number of hydrogen-bond donors (Lipinski definition) is 1. The molecule has 0 radical (unpaired) electrons. The first-order chi connectivity index (χ1) is 10.1. The third kappa shape index (κ3) is 4.90. The molecular weight excluding hydrogens is 313 g/mol. The molecule has 1 N–H and O–H groups in total. The van der Waals surface area contributed by atoms with E-state index < -0.39 is 0 Å². The van der Waals surface area contributed by atoms with Gasteiger partial charge in [-0.05, 0) is 30.5 Å². The Balaban J connectivity index is 1.73. The molecule has 6 heteroatoms. The smallest absolute Gasteiger partial charge is 0.309 e. The number of amides is 1. The average Bonchev–Trinajstić information content (AvgIpc) is 2.98. The van der Waals surface area contributed by atoms with Crippen molar-refractivity contribution in [2.24, 2.45) is 5.92 Å². The molecule has 0 aromatic heterocycles. The van der Waals surface area contributed by atoms with Crippen LogP contribution in [-0.2, 0) is 20.9 Å². The summed E-state index contributed by atoms with van der Waals surface area (Å²) in [6, 6.07) is 5.06. The first-order valence-corrected chi connectivity index (χ1v) is 7.69. The van der Waals surface area contributed by atoms with Crippen molar-refractivity contribution in [2.75, 3.05) is 6.61 Å². The van der Waals surface area contributed by atoms with Gasteiger partial charge in [0.25, 0.3) is 5.91 Å². The van der Waals surface area contributed by atoms with Crippen molar-refractivity contribution in [3.63, 3.8) is 0 Å². The van der Waals surface area contributed by atoms with E-state index in [1.807, 2.05) is 0 Å². The predicted molar refractivity (Wildman–Crippen MR) is 81.2 cm³/mol. The molecule has 1 aliphatic carbocycles. The van der Waals surface area contributed by atoms with Gasteiger partial charge in [-0.25, -0.2) is 0 Å². The number of ether oxygens (including phenoxy) is 1. The van der Waals surface area contributed by atoms with Gasteiger partial charge in [-0.2, -0.15) is 0 Å². The molecular formula is C15H17Cl2NO3. The van der Waals surface area contributed by atoms with Crippen LogP contribution in [0.3, 0.4) is 0 Å². The SMILES string of the molecule is O=C(COC(=O)C1CCCC1)NCc1ccc(Cl)cc1Cl. The highest BCUT2D eigenvalue weighted by molar-refractivity contribution is 6.35. The molecule has 4 nitrogen and oxygen atoms in total. The minimum absolute atomic E-state index is 0.0384. The second-order valence-corrected chi connectivity index (χ2v) is 5.95. The van der Waals surface area contributed by atoms with Crippen LogP contribution in [-0.4, -0.2) is 18.5 Å². The summed E-state index contributed by atoms with van der Waals surface area (Å²) in [5.74, 6) is -0.650. The lowest BCUT2D eigenvalue weighted by Crippen LogP contribution is -2.29. The van der Waals surface area contributed by atoms with E-state index in [0.717, 1.165) is 31.2 Å². The van der Waals surface area contributed by atoms with E-state index in [1.165, 1.54) is 0 Å². The van der Waals surface area contributed by atoms with E-state index in [0.29, 0.717) is 10.0 Å². The molecule has 0 atom stereocenters. The van der Waals surface area contributed by atoms with Gasteiger partial charge in [-0.3, -0.25) is 9.59 Å². The van der Waals surface area contributed by atoms with Crippen LogP contribution < -0.4 is 5.32 Å². The highest BCUT2D eigenvalue weighted by atomic mass is 35.5. The lowest BCUT2D eigenvalue weighted by atomic mass is 10.1. The summed E-state index contributed by atoms with van der Waals surface area (Å²) in [6.07, 6.45) is 3.84. The van der Waals surface area contributed by atoms with Gasteiger partial charge in [0, 0.05) is 16.6 Å². The van der Waals surface area contributed by atoms with Crippen LogP contribution >= 0.6 is 23.2 Å². The Bertz CT molecular complexity index is 528. The summed E-state index contributed by atoms with van der Waals surface area (Å²) in [4.78, 5) is 23.3. The molecule has 1 saturated carbocycles. The topological polar surface area (TPSA) is 55.4 Å². The standard InChI is InChI=1S/C15H17Cl2NO3/c16-12-6-5-11(13(17)7-12)8-18-14(19)9-21-15(20)10-3-1-2-4-10/h5-7,10H,1-4,8-9H2,(H,18,19). The summed E-state index contributed by atoms with van der Waals surface area (Å²) in [6.45, 7) is 0.0242. The second kappa shape index (κ2) is 7.66. The van der Waals surface area contributed by atoms with Gasteiger partial charge in [0.1, 0.15) is 0 Å². The van der Waals surface area contributed by atoms with Crippen LogP contribution in [0.25, 0.3) is 0 Å². The number of benzene rings is 1. The van der Waals surface area contributed by atoms with Crippen molar-refractivity contribution in [1.29, 1.82) is 0 Å². The molecule has 1 aromatic carbocycles. The average molecular weight is 330 g/mol. The molecule has 0 saturated heterocycles. The van der Waals surface area contributed by atoms with Crippen LogP contribution in [0.2, 0.25) is 10.0 Å². The zero-order valence-electron chi connectivity index (χ0n) is 11.5. The van der Waals surface area contributed by atoms with Crippen molar-refractivity contribution in [3.8, 4) is 0 Å². The second-order valence-electron chi connectivity index (χ2n) is 5.10. The molecule has 1 aromatic rings. The van der Waals surface area contributed by atoms with Crippen molar-refractivity contribution >= 4 is 35.1 Å². The monoisotopic (exact) mass is 329 g/mol. The zero-order valence-corrected chi connectivity index (χ0v) is 13.0.